The fraction of sp³-hybridized carbons (Fsp3) is 0.611. The van der Waals surface area contributed by atoms with Crippen LogP contribution in [-0.2, 0) is 32.7 Å². The molecule has 0 radical (unpaired) electrons. The maximum absolute atomic E-state index is 12.4. The van der Waals surface area contributed by atoms with E-state index in [1.54, 1.807) is 0 Å². The van der Waals surface area contributed by atoms with Crippen LogP contribution in [0.5, 0.6) is 0 Å². The second-order valence-corrected chi connectivity index (χ2v) is 12.2. The summed E-state index contributed by atoms with van der Waals surface area (Å²) in [5, 5.41) is 0. The lowest BCUT2D eigenvalue weighted by Gasteiger charge is -2.19. The van der Waals surface area contributed by atoms with Crippen LogP contribution in [0.3, 0.4) is 0 Å². The summed E-state index contributed by atoms with van der Waals surface area (Å²) < 4.78 is 32.4. The second kappa shape index (κ2) is 32.4. The van der Waals surface area contributed by atoms with Crippen molar-refractivity contribution in [2.24, 2.45) is 5.73 Å². The maximum atomic E-state index is 12.4. The first-order chi connectivity index (χ1) is 22.3. The van der Waals surface area contributed by atoms with Gasteiger partial charge in [0.25, 0.3) is 0 Å². The van der Waals surface area contributed by atoms with E-state index in [-0.39, 0.29) is 32.6 Å². The Labute approximate surface area is 278 Å². The zero-order chi connectivity index (χ0) is 34.0. The first-order valence-corrected chi connectivity index (χ1v) is 18.5. The number of hydrogen-bond donors (Lipinski definition) is 2. The highest BCUT2D eigenvalue weighted by Crippen LogP contribution is 2.43. The quantitative estimate of drug-likeness (QED) is 0.0254. The molecule has 2 atom stereocenters. The molecule has 0 bridgehead atoms. The zero-order valence-corrected chi connectivity index (χ0v) is 29.2. The highest BCUT2D eigenvalue weighted by Gasteiger charge is 2.25. The van der Waals surface area contributed by atoms with Crippen LogP contribution in [0, 0.1) is 0 Å². The van der Waals surface area contributed by atoms with Crippen molar-refractivity contribution in [1.82, 2.24) is 0 Å². The smallest absolute Gasteiger partial charge is 0.462 e. The van der Waals surface area contributed by atoms with E-state index in [1.165, 1.54) is 19.3 Å². The van der Waals surface area contributed by atoms with E-state index in [9.17, 15) is 19.0 Å². The van der Waals surface area contributed by atoms with Gasteiger partial charge in [-0.2, -0.15) is 0 Å². The first-order valence-electron chi connectivity index (χ1n) is 17.0. The van der Waals surface area contributed by atoms with Gasteiger partial charge >= 0.3 is 19.8 Å². The Bertz CT molecular complexity index is 986. The van der Waals surface area contributed by atoms with Crippen LogP contribution in [0.4, 0.5) is 0 Å². The molecular formula is C36H60NO8P. The second-order valence-electron chi connectivity index (χ2n) is 10.8. The molecule has 10 heteroatoms. The Hall–Kier alpha value is -2.55. The van der Waals surface area contributed by atoms with Gasteiger partial charge in [0.15, 0.2) is 6.10 Å². The molecule has 0 rings (SSSR count). The van der Waals surface area contributed by atoms with Gasteiger partial charge in [-0.15, -0.1) is 0 Å². The molecule has 9 nitrogen and oxygen atoms in total. The number of carbonyl (C=O) groups is 2. The van der Waals surface area contributed by atoms with Crippen LogP contribution in [0.25, 0.3) is 0 Å². The maximum Gasteiger partial charge on any atom is 0.472 e. The molecule has 0 aliphatic rings. The van der Waals surface area contributed by atoms with Gasteiger partial charge in [0.2, 0.25) is 0 Å². The summed E-state index contributed by atoms with van der Waals surface area (Å²) in [5.41, 5.74) is 5.31. The van der Waals surface area contributed by atoms with Gasteiger partial charge in [-0.25, -0.2) is 4.57 Å². The standard InChI is InChI=1S/C36H60NO8P/c1-3-5-7-9-11-13-15-17-19-21-23-25-27-29-36(39)45-34(33-44-46(40,41)43-31-30-37)32-42-35(38)28-26-24-22-20-18-16-14-12-10-8-6-4-2/h5,7,9,11-15,17,19,21,23,34H,3-4,6,8,10,16,18,20,22,24-33,37H2,1-2H3,(H,40,41)/b7-5+,11-9+,14-12+,15-13+,19-17+,23-21+. The highest BCUT2D eigenvalue weighted by molar-refractivity contribution is 7.47. The molecule has 0 aromatic rings. The molecule has 0 saturated carbocycles. The van der Waals surface area contributed by atoms with E-state index in [2.05, 4.69) is 32.1 Å². The summed E-state index contributed by atoms with van der Waals surface area (Å²) in [6, 6.07) is 0. The van der Waals surface area contributed by atoms with Crippen molar-refractivity contribution in [3.8, 4) is 0 Å². The molecule has 262 valence electrons. The summed E-state index contributed by atoms with van der Waals surface area (Å²) in [6.07, 6.45) is 36.6. The molecular weight excluding hydrogens is 605 g/mol. The Morgan fingerprint density at radius 1 is 0.674 bits per heavy atom. The fourth-order valence-electron chi connectivity index (χ4n) is 3.95. The molecule has 46 heavy (non-hydrogen) atoms. The van der Waals surface area contributed by atoms with Crippen molar-refractivity contribution in [2.75, 3.05) is 26.4 Å². The summed E-state index contributed by atoms with van der Waals surface area (Å²) in [7, 11) is -4.39. The molecule has 0 spiro atoms. The van der Waals surface area contributed by atoms with Crippen molar-refractivity contribution < 1.29 is 37.6 Å². The molecule has 0 aromatic heterocycles. The molecule has 3 N–H and O–H groups in total. The number of phosphoric ester groups is 1. The number of phosphoric acid groups is 1. The molecule has 0 saturated heterocycles. The minimum Gasteiger partial charge on any atom is -0.462 e. The van der Waals surface area contributed by atoms with Crippen molar-refractivity contribution >= 4 is 19.8 Å². The monoisotopic (exact) mass is 665 g/mol. The summed E-state index contributed by atoms with van der Waals surface area (Å²) in [5.74, 6) is -0.938. The Morgan fingerprint density at radius 2 is 1.24 bits per heavy atom. The van der Waals surface area contributed by atoms with Crippen molar-refractivity contribution in [3.05, 3.63) is 72.9 Å². The molecule has 0 aliphatic carbocycles. The largest absolute Gasteiger partial charge is 0.472 e. The van der Waals surface area contributed by atoms with Crippen molar-refractivity contribution in [2.45, 2.75) is 116 Å². The van der Waals surface area contributed by atoms with E-state index >= 15 is 0 Å². The number of rotatable bonds is 30. The summed E-state index contributed by atoms with van der Waals surface area (Å²) in [6.45, 7) is 3.41. The van der Waals surface area contributed by atoms with Crippen LogP contribution in [0.15, 0.2) is 72.9 Å². The van der Waals surface area contributed by atoms with Crippen LogP contribution in [0.1, 0.15) is 110 Å². The SMILES string of the molecule is CC/C=C/C=C/C=C/C=C/C=C/CCCC(=O)OC(COC(=O)CCCCCCC/C=C/CCCCC)COP(=O)(O)OCCN. The van der Waals surface area contributed by atoms with E-state index in [4.69, 9.17) is 24.3 Å². The lowest BCUT2D eigenvalue weighted by atomic mass is 10.1. The predicted octanol–water partition coefficient (Wildman–Crippen LogP) is 8.76. The van der Waals surface area contributed by atoms with E-state index < -0.39 is 32.5 Å². The minimum absolute atomic E-state index is 0.0370. The predicted molar refractivity (Wildman–Crippen MR) is 187 cm³/mol. The molecule has 0 amide bonds. The number of esters is 2. The molecule has 0 fully saturated rings. The normalized spacial score (nSPS) is 14.4. The molecule has 0 heterocycles. The van der Waals surface area contributed by atoms with Crippen molar-refractivity contribution in [1.29, 1.82) is 0 Å². The van der Waals surface area contributed by atoms with E-state index in [0.717, 1.165) is 44.9 Å². The van der Waals surface area contributed by atoms with Crippen LogP contribution in [0.2, 0.25) is 0 Å². The molecule has 2 unspecified atom stereocenters. The third kappa shape index (κ3) is 31.4. The lowest BCUT2D eigenvalue weighted by molar-refractivity contribution is -0.161. The van der Waals surface area contributed by atoms with Gasteiger partial charge in [0.1, 0.15) is 6.61 Å². The van der Waals surface area contributed by atoms with Gasteiger partial charge in [-0.1, -0.05) is 119 Å². The van der Waals surface area contributed by atoms with Crippen LogP contribution in [-0.4, -0.2) is 49.3 Å². The average molecular weight is 666 g/mol. The minimum atomic E-state index is -4.39. The average Bonchev–Trinajstić information content (AvgIpc) is 3.04. The third-order valence-electron chi connectivity index (χ3n) is 6.45. The molecule has 0 aromatic carbocycles. The van der Waals surface area contributed by atoms with E-state index in [0.29, 0.717) is 19.3 Å². The summed E-state index contributed by atoms with van der Waals surface area (Å²) >= 11 is 0. The first kappa shape index (κ1) is 43.5. The zero-order valence-electron chi connectivity index (χ0n) is 28.3. The third-order valence-corrected chi connectivity index (χ3v) is 7.44. The number of hydrogen-bond acceptors (Lipinski definition) is 8. The highest BCUT2D eigenvalue weighted by atomic mass is 31.2. The number of allylic oxidation sites excluding steroid dienone is 12. The van der Waals surface area contributed by atoms with Gasteiger partial charge in [-0.3, -0.25) is 18.6 Å². The van der Waals surface area contributed by atoms with Gasteiger partial charge in [0, 0.05) is 19.4 Å². The Balaban J connectivity index is 4.46. The van der Waals surface area contributed by atoms with Gasteiger partial charge < -0.3 is 20.1 Å². The topological polar surface area (TPSA) is 134 Å². The number of carbonyl (C=O) groups excluding carboxylic acids is 2. The van der Waals surface area contributed by atoms with Gasteiger partial charge in [0.05, 0.1) is 13.2 Å². The number of ether oxygens (including phenoxy) is 2. The molecule has 0 aliphatic heterocycles. The Kier molecular flexibility index (Phi) is 30.6. The van der Waals surface area contributed by atoms with Gasteiger partial charge in [-0.05, 0) is 51.4 Å². The Morgan fingerprint density at radius 3 is 1.89 bits per heavy atom. The number of unbranched alkanes of at least 4 members (excludes halogenated alkanes) is 9. The fourth-order valence-corrected chi connectivity index (χ4v) is 4.72. The van der Waals surface area contributed by atoms with Crippen LogP contribution < -0.4 is 5.73 Å². The summed E-state index contributed by atoms with van der Waals surface area (Å²) in [4.78, 5) is 34.5. The number of nitrogens with two attached hydrogens (primary N) is 1. The van der Waals surface area contributed by atoms with E-state index in [1.807, 2.05) is 54.7 Å². The van der Waals surface area contributed by atoms with Crippen molar-refractivity contribution in [3.63, 3.8) is 0 Å². The van der Waals surface area contributed by atoms with Crippen LogP contribution >= 0.6 is 7.82 Å². The lowest BCUT2D eigenvalue weighted by Crippen LogP contribution is -2.29.